The minimum absolute atomic E-state index is 0.00892. The number of para-hydroxylation sites is 1. The number of rotatable bonds is 3. The summed E-state index contributed by atoms with van der Waals surface area (Å²) < 4.78 is 6.45. The molecule has 1 saturated heterocycles. The maximum Gasteiger partial charge on any atom is 0.412 e. The van der Waals surface area contributed by atoms with Gasteiger partial charge in [0, 0.05) is 30.3 Å². The highest BCUT2D eigenvalue weighted by molar-refractivity contribution is 7.18. The second kappa shape index (κ2) is 8.67. The number of thiazole rings is 1. The van der Waals surface area contributed by atoms with E-state index in [1.54, 1.807) is 35.6 Å². The molecular formula is C24H27N3O3S. The molecule has 0 spiro atoms. The van der Waals surface area contributed by atoms with Crippen LogP contribution in [0.3, 0.4) is 0 Å². The number of fused-ring (bicyclic) bond motifs is 1. The van der Waals surface area contributed by atoms with E-state index in [-0.39, 0.29) is 11.8 Å². The van der Waals surface area contributed by atoms with Crippen molar-refractivity contribution in [3.8, 4) is 0 Å². The number of carbonyl (C=O) groups excluding carboxylic acids is 2. The molecule has 162 valence electrons. The summed E-state index contributed by atoms with van der Waals surface area (Å²) in [5.41, 5.74) is 1.67. The molecule has 1 atom stereocenters. The Hall–Kier alpha value is -2.93. The lowest BCUT2D eigenvalue weighted by Gasteiger charge is -2.32. The minimum atomic E-state index is -0.561. The lowest BCUT2D eigenvalue weighted by molar-refractivity contribution is 0.0635. The van der Waals surface area contributed by atoms with Crippen molar-refractivity contribution in [2.75, 3.05) is 18.4 Å². The van der Waals surface area contributed by atoms with Crippen molar-refractivity contribution in [2.24, 2.45) is 0 Å². The normalized spacial score (nSPS) is 16.9. The van der Waals surface area contributed by atoms with Crippen LogP contribution in [0.1, 0.15) is 54.9 Å². The standard InChI is InChI=1S/C24H27N3O3S/c1-24(2,3)30-23(29)25-18-12-10-16(11-13-18)22(28)27-14-6-7-17(15-27)21-26-19-8-4-5-9-20(19)31-21/h4-5,8-13,17H,6-7,14-15H2,1-3H3,(H,25,29). The zero-order chi connectivity index (χ0) is 22.0. The summed E-state index contributed by atoms with van der Waals surface area (Å²) >= 11 is 1.72. The molecule has 2 amide bonds. The summed E-state index contributed by atoms with van der Waals surface area (Å²) in [5.74, 6) is 0.276. The van der Waals surface area contributed by atoms with Crippen molar-refractivity contribution in [1.82, 2.24) is 9.88 Å². The van der Waals surface area contributed by atoms with E-state index in [1.165, 1.54) is 4.70 Å². The van der Waals surface area contributed by atoms with Crippen molar-refractivity contribution in [3.05, 3.63) is 59.1 Å². The van der Waals surface area contributed by atoms with Gasteiger partial charge in [-0.15, -0.1) is 11.3 Å². The zero-order valence-electron chi connectivity index (χ0n) is 18.1. The van der Waals surface area contributed by atoms with E-state index in [2.05, 4.69) is 11.4 Å². The first-order valence-corrected chi connectivity index (χ1v) is 11.3. The number of benzene rings is 2. The maximum atomic E-state index is 13.1. The van der Waals surface area contributed by atoms with Gasteiger partial charge in [0.15, 0.2) is 0 Å². The second-order valence-electron chi connectivity index (χ2n) is 8.81. The van der Waals surface area contributed by atoms with Crippen LogP contribution < -0.4 is 5.32 Å². The molecule has 1 aliphatic heterocycles. The van der Waals surface area contributed by atoms with Gasteiger partial charge in [-0.25, -0.2) is 9.78 Å². The summed E-state index contributed by atoms with van der Waals surface area (Å²) in [5, 5.41) is 3.80. The SMILES string of the molecule is CC(C)(C)OC(=O)Nc1ccc(C(=O)N2CCCC(c3nc4ccccc4s3)C2)cc1. The van der Waals surface area contributed by atoms with E-state index in [0.29, 0.717) is 17.8 Å². The molecular weight excluding hydrogens is 410 g/mol. The predicted octanol–water partition coefficient (Wildman–Crippen LogP) is 5.66. The number of carbonyl (C=O) groups is 2. The van der Waals surface area contributed by atoms with Gasteiger partial charge in [-0.2, -0.15) is 0 Å². The van der Waals surface area contributed by atoms with Crippen LogP contribution in [-0.4, -0.2) is 40.6 Å². The fourth-order valence-electron chi connectivity index (χ4n) is 3.73. The van der Waals surface area contributed by atoms with Crippen molar-refractivity contribution < 1.29 is 14.3 Å². The van der Waals surface area contributed by atoms with Gasteiger partial charge < -0.3 is 9.64 Å². The van der Waals surface area contributed by atoms with Gasteiger partial charge in [0.25, 0.3) is 5.91 Å². The van der Waals surface area contributed by atoms with Crippen LogP contribution in [0.15, 0.2) is 48.5 Å². The third kappa shape index (κ3) is 5.22. The molecule has 4 rings (SSSR count). The van der Waals surface area contributed by atoms with Gasteiger partial charge in [0.1, 0.15) is 5.60 Å². The zero-order valence-corrected chi connectivity index (χ0v) is 18.9. The third-order valence-electron chi connectivity index (χ3n) is 5.15. The predicted molar refractivity (Wildman–Crippen MR) is 124 cm³/mol. The fraction of sp³-hybridized carbons (Fsp3) is 0.375. The third-order valence-corrected chi connectivity index (χ3v) is 6.34. The van der Waals surface area contributed by atoms with Gasteiger partial charge >= 0.3 is 6.09 Å². The first-order chi connectivity index (χ1) is 14.8. The Morgan fingerprint density at radius 2 is 1.87 bits per heavy atom. The molecule has 0 saturated carbocycles. The monoisotopic (exact) mass is 437 g/mol. The quantitative estimate of drug-likeness (QED) is 0.574. The van der Waals surface area contributed by atoms with Crippen molar-refractivity contribution in [2.45, 2.75) is 45.1 Å². The van der Waals surface area contributed by atoms with Crippen LogP contribution in [0.5, 0.6) is 0 Å². The number of ether oxygens (including phenoxy) is 1. The number of nitrogens with one attached hydrogen (secondary N) is 1. The van der Waals surface area contributed by atoms with Crippen molar-refractivity contribution in [3.63, 3.8) is 0 Å². The Bertz CT molecular complexity index is 1050. The number of hydrogen-bond acceptors (Lipinski definition) is 5. The van der Waals surface area contributed by atoms with E-state index >= 15 is 0 Å². The van der Waals surface area contributed by atoms with Gasteiger partial charge in [-0.3, -0.25) is 10.1 Å². The lowest BCUT2D eigenvalue weighted by atomic mass is 9.98. The van der Waals surface area contributed by atoms with Crippen molar-refractivity contribution >= 4 is 39.2 Å². The number of amides is 2. The Morgan fingerprint density at radius 3 is 2.58 bits per heavy atom. The first kappa shape index (κ1) is 21.3. The molecule has 31 heavy (non-hydrogen) atoms. The molecule has 2 heterocycles. The Morgan fingerprint density at radius 1 is 1.13 bits per heavy atom. The van der Waals surface area contributed by atoms with Crippen LogP contribution in [0.4, 0.5) is 10.5 Å². The Kier molecular flexibility index (Phi) is 5.96. The first-order valence-electron chi connectivity index (χ1n) is 10.5. The topological polar surface area (TPSA) is 71.5 Å². The number of likely N-dealkylation sites (tertiary alicyclic amines) is 1. The van der Waals surface area contributed by atoms with Crippen LogP contribution in [-0.2, 0) is 4.74 Å². The molecule has 3 aromatic rings. The van der Waals surface area contributed by atoms with Crippen molar-refractivity contribution in [1.29, 1.82) is 0 Å². The average molecular weight is 438 g/mol. The minimum Gasteiger partial charge on any atom is -0.444 e. The smallest absolute Gasteiger partial charge is 0.412 e. The summed E-state index contributed by atoms with van der Waals surface area (Å²) in [7, 11) is 0. The highest BCUT2D eigenvalue weighted by atomic mass is 32.1. The Balaban J connectivity index is 1.41. The molecule has 0 aliphatic carbocycles. The van der Waals surface area contributed by atoms with E-state index in [4.69, 9.17) is 9.72 Å². The molecule has 1 N–H and O–H groups in total. The van der Waals surface area contributed by atoms with Crippen LogP contribution in [0.2, 0.25) is 0 Å². The molecule has 1 aromatic heterocycles. The molecule has 1 fully saturated rings. The van der Waals surface area contributed by atoms with Gasteiger partial charge in [-0.05, 0) is 70.0 Å². The van der Waals surface area contributed by atoms with Crippen LogP contribution in [0.25, 0.3) is 10.2 Å². The fourth-order valence-corrected chi connectivity index (χ4v) is 4.82. The molecule has 7 heteroatoms. The van der Waals surface area contributed by atoms with Gasteiger partial charge in [0.2, 0.25) is 0 Å². The number of piperidine rings is 1. The average Bonchev–Trinajstić information content (AvgIpc) is 3.17. The molecule has 1 aliphatic rings. The maximum absolute atomic E-state index is 13.1. The molecule has 6 nitrogen and oxygen atoms in total. The summed E-state index contributed by atoms with van der Waals surface area (Å²) in [6.07, 6.45) is 1.49. The van der Waals surface area contributed by atoms with E-state index < -0.39 is 11.7 Å². The number of nitrogens with zero attached hydrogens (tertiary/aromatic N) is 2. The number of anilines is 1. The molecule has 2 aromatic carbocycles. The highest BCUT2D eigenvalue weighted by Crippen LogP contribution is 2.33. The van der Waals surface area contributed by atoms with Crippen LogP contribution in [0, 0.1) is 0 Å². The largest absolute Gasteiger partial charge is 0.444 e. The second-order valence-corrected chi connectivity index (χ2v) is 9.88. The number of aromatic nitrogens is 1. The summed E-state index contributed by atoms with van der Waals surface area (Å²) in [4.78, 5) is 31.7. The van der Waals surface area contributed by atoms with E-state index in [1.807, 2.05) is 43.9 Å². The lowest BCUT2D eigenvalue weighted by Crippen LogP contribution is -2.39. The van der Waals surface area contributed by atoms with E-state index in [0.717, 1.165) is 29.9 Å². The molecule has 0 bridgehead atoms. The summed E-state index contributed by atoms with van der Waals surface area (Å²) in [6.45, 7) is 6.87. The van der Waals surface area contributed by atoms with Gasteiger partial charge in [-0.1, -0.05) is 12.1 Å². The van der Waals surface area contributed by atoms with E-state index in [9.17, 15) is 9.59 Å². The van der Waals surface area contributed by atoms with Gasteiger partial charge in [0.05, 0.1) is 15.2 Å². The Labute approximate surface area is 186 Å². The highest BCUT2D eigenvalue weighted by Gasteiger charge is 2.27. The number of hydrogen-bond donors (Lipinski definition) is 1. The summed E-state index contributed by atoms with van der Waals surface area (Å²) in [6, 6.07) is 15.1. The molecule has 1 unspecified atom stereocenters. The molecule has 0 radical (unpaired) electrons. The van der Waals surface area contributed by atoms with Crippen LogP contribution >= 0.6 is 11.3 Å².